The summed E-state index contributed by atoms with van der Waals surface area (Å²) in [7, 11) is 1.89. The summed E-state index contributed by atoms with van der Waals surface area (Å²) in [6.45, 7) is 7.14. The molecule has 0 bridgehead atoms. The van der Waals surface area contributed by atoms with E-state index in [0.717, 1.165) is 12.0 Å². The lowest BCUT2D eigenvalue weighted by molar-refractivity contribution is -0.120. The van der Waals surface area contributed by atoms with Crippen LogP contribution in [0.5, 0.6) is 0 Å². The zero-order valence-electron chi connectivity index (χ0n) is 12.9. The standard InChI is InChI=1S/C16H26N2O.ClH/c1-12(2)9-14-5-7-15(8-6-14)10-16(19)18-11-13(3)17-4;/h5-8,12-13,17H,9-11H2,1-4H3,(H,18,19);1H. The lowest BCUT2D eigenvalue weighted by atomic mass is 10.0. The zero-order chi connectivity index (χ0) is 14.3. The molecule has 114 valence electrons. The third kappa shape index (κ3) is 7.51. The Bertz CT molecular complexity index is 390. The van der Waals surface area contributed by atoms with Crippen LogP contribution >= 0.6 is 12.4 Å². The van der Waals surface area contributed by atoms with E-state index in [9.17, 15) is 4.79 Å². The molecule has 1 aromatic carbocycles. The molecule has 1 atom stereocenters. The van der Waals surface area contributed by atoms with Gasteiger partial charge in [0.05, 0.1) is 6.42 Å². The van der Waals surface area contributed by atoms with Crippen molar-refractivity contribution in [2.75, 3.05) is 13.6 Å². The van der Waals surface area contributed by atoms with Gasteiger partial charge in [-0.1, -0.05) is 38.1 Å². The molecule has 1 aromatic rings. The van der Waals surface area contributed by atoms with Crippen LogP contribution < -0.4 is 10.6 Å². The minimum Gasteiger partial charge on any atom is -0.354 e. The van der Waals surface area contributed by atoms with Crippen LogP contribution in [0.25, 0.3) is 0 Å². The Morgan fingerprint density at radius 2 is 1.65 bits per heavy atom. The fourth-order valence-corrected chi connectivity index (χ4v) is 1.88. The maximum atomic E-state index is 11.8. The first-order chi connectivity index (χ1) is 9.01. The highest BCUT2D eigenvalue weighted by Crippen LogP contribution is 2.10. The van der Waals surface area contributed by atoms with Gasteiger partial charge in [-0.15, -0.1) is 12.4 Å². The van der Waals surface area contributed by atoms with Crippen LogP contribution in [-0.4, -0.2) is 25.5 Å². The highest BCUT2D eigenvalue weighted by Gasteiger charge is 2.05. The Balaban J connectivity index is 0.00000361. The summed E-state index contributed by atoms with van der Waals surface area (Å²) in [6, 6.07) is 8.66. The van der Waals surface area contributed by atoms with Crippen molar-refractivity contribution >= 4 is 18.3 Å². The molecule has 0 fully saturated rings. The first kappa shape index (κ1) is 18.9. The third-order valence-corrected chi connectivity index (χ3v) is 3.13. The number of carbonyl (C=O) groups excluding carboxylic acids is 1. The van der Waals surface area contributed by atoms with Gasteiger partial charge in [-0.3, -0.25) is 4.79 Å². The number of hydrogen-bond acceptors (Lipinski definition) is 2. The van der Waals surface area contributed by atoms with E-state index in [-0.39, 0.29) is 18.3 Å². The molecule has 3 nitrogen and oxygen atoms in total. The Morgan fingerprint density at radius 1 is 1.10 bits per heavy atom. The van der Waals surface area contributed by atoms with Crippen molar-refractivity contribution in [2.24, 2.45) is 5.92 Å². The molecule has 0 aromatic heterocycles. The second kappa shape index (κ2) is 9.78. The molecule has 4 heteroatoms. The molecular weight excluding hydrogens is 272 g/mol. The maximum Gasteiger partial charge on any atom is 0.224 e. The summed E-state index contributed by atoms with van der Waals surface area (Å²) in [5, 5.41) is 6.02. The molecule has 0 aliphatic heterocycles. The van der Waals surface area contributed by atoms with Crippen molar-refractivity contribution in [1.29, 1.82) is 0 Å². The van der Waals surface area contributed by atoms with Crippen LogP contribution in [0.4, 0.5) is 0 Å². The molecule has 0 radical (unpaired) electrons. The van der Waals surface area contributed by atoms with E-state index in [4.69, 9.17) is 0 Å². The predicted molar refractivity (Wildman–Crippen MR) is 87.5 cm³/mol. The van der Waals surface area contributed by atoms with Crippen molar-refractivity contribution in [2.45, 2.75) is 39.7 Å². The number of amides is 1. The first-order valence-electron chi connectivity index (χ1n) is 7.03. The number of likely N-dealkylation sites (N-methyl/N-ethyl adjacent to an activating group) is 1. The minimum absolute atomic E-state index is 0. The Kier molecular flexibility index (Phi) is 9.26. The second-order valence-corrected chi connectivity index (χ2v) is 5.59. The summed E-state index contributed by atoms with van der Waals surface area (Å²) in [5.41, 5.74) is 2.41. The fraction of sp³-hybridized carbons (Fsp3) is 0.562. The average Bonchev–Trinajstić information content (AvgIpc) is 2.37. The van der Waals surface area contributed by atoms with Crippen LogP contribution in [0.15, 0.2) is 24.3 Å². The molecule has 0 spiro atoms. The van der Waals surface area contributed by atoms with Gasteiger partial charge in [0.15, 0.2) is 0 Å². The van der Waals surface area contributed by atoms with Crippen LogP contribution in [0.3, 0.4) is 0 Å². The fourth-order valence-electron chi connectivity index (χ4n) is 1.88. The minimum atomic E-state index is 0. The molecule has 0 aliphatic carbocycles. The number of halogens is 1. The second-order valence-electron chi connectivity index (χ2n) is 5.59. The van der Waals surface area contributed by atoms with Crippen molar-refractivity contribution < 1.29 is 4.79 Å². The van der Waals surface area contributed by atoms with Crippen LogP contribution in [0, 0.1) is 5.92 Å². The molecule has 0 aliphatic rings. The molecule has 1 amide bonds. The Hall–Kier alpha value is -1.06. The van der Waals surface area contributed by atoms with E-state index in [1.807, 2.05) is 14.0 Å². The average molecular weight is 299 g/mol. The van der Waals surface area contributed by atoms with E-state index in [1.165, 1.54) is 5.56 Å². The van der Waals surface area contributed by atoms with Gasteiger partial charge in [0.1, 0.15) is 0 Å². The molecule has 1 unspecified atom stereocenters. The third-order valence-electron chi connectivity index (χ3n) is 3.13. The summed E-state index contributed by atoms with van der Waals surface area (Å²) in [5.74, 6) is 0.746. The number of nitrogens with one attached hydrogen (secondary N) is 2. The first-order valence-corrected chi connectivity index (χ1v) is 7.03. The highest BCUT2D eigenvalue weighted by atomic mass is 35.5. The van der Waals surface area contributed by atoms with Crippen molar-refractivity contribution in [3.63, 3.8) is 0 Å². The zero-order valence-corrected chi connectivity index (χ0v) is 13.7. The Labute approximate surface area is 128 Å². The van der Waals surface area contributed by atoms with Crippen LogP contribution in [-0.2, 0) is 17.6 Å². The quantitative estimate of drug-likeness (QED) is 0.812. The van der Waals surface area contributed by atoms with Gasteiger partial charge in [0.2, 0.25) is 5.91 Å². The number of benzene rings is 1. The van der Waals surface area contributed by atoms with Gasteiger partial charge >= 0.3 is 0 Å². The summed E-state index contributed by atoms with van der Waals surface area (Å²) in [6.07, 6.45) is 1.55. The molecule has 0 saturated carbocycles. The van der Waals surface area contributed by atoms with Gasteiger partial charge in [0.25, 0.3) is 0 Å². The van der Waals surface area contributed by atoms with Crippen molar-refractivity contribution in [3.05, 3.63) is 35.4 Å². The highest BCUT2D eigenvalue weighted by molar-refractivity contribution is 5.85. The van der Waals surface area contributed by atoms with Crippen LogP contribution in [0.2, 0.25) is 0 Å². The largest absolute Gasteiger partial charge is 0.354 e. The van der Waals surface area contributed by atoms with Crippen molar-refractivity contribution in [1.82, 2.24) is 10.6 Å². The molecule has 1 rings (SSSR count). The van der Waals surface area contributed by atoms with Crippen molar-refractivity contribution in [3.8, 4) is 0 Å². The van der Waals surface area contributed by atoms with E-state index in [0.29, 0.717) is 24.9 Å². The van der Waals surface area contributed by atoms with Gasteiger partial charge < -0.3 is 10.6 Å². The molecule has 20 heavy (non-hydrogen) atoms. The monoisotopic (exact) mass is 298 g/mol. The lowest BCUT2D eigenvalue weighted by Crippen LogP contribution is -2.37. The number of carbonyl (C=O) groups is 1. The predicted octanol–water partition coefficient (Wildman–Crippen LogP) is 2.57. The smallest absolute Gasteiger partial charge is 0.224 e. The molecule has 0 saturated heterocycles. The van der Waals surface area contributed by atoms with Gasteiger partial charge in [0, 0.05) is 12.6 Å². The molecule has 2 N–H and O–H groups in total. The Morgan fingerprint density at radius 3 is 2.15 bits per heavy atom. The van der Waals surface area contributed by atoms with Gasteiger partial charge in [-0.05, 0) is 37.4 Å². The SMILES string of the molecule is CNC(C)CNC(=O)Cc1ccc(CC(C)C)cc1.Cl. The molecule has 0 heterocycles. The van der Waals surface area contributed by atoms with E-state index < -0.39 is 0 Å². The lowest BCUT2D eigenvalue weighted by Gasteiger charge is -2.11. The van der Waals surface area contributed by atoms with E-state index in [2.05, 4.69) is 48.7 Å². The number of hydrogen-bond donors (Lipinski definition) is 2. The normalized spacial score (nSPS) is 11.8. The number of rotatable bonds is 7. The summed E-state index contributed by atoms with van der Waals surface area (Å²) >= 11 is 0. The van der Waals surface area contributed by atoms with Gasteiger partial charge in [-0.2, -0.15) is 0 Å². The maximum absolute atomic E-state index is 11.8. The topological polar surface area (TPSA) is 41.1 Å². The summed E-state index contributed by atoms with van der Waals surface area (Å²) < 4.78 is 0. The van der Waals surface area contributed by atoms with E-state index in [1.54, 1.807) is 0 Å². The van der Waals surface area contributed by atoms with Crippen LogP contribution in [0.1, 0.15) is 31.9 Å². The van der Waals surface area contributed by atoms with E-state index >= 15 is 0 Å². The molecular formula is C16H27ClN2O. The van der Waals surface area contributed by atoms with Gasteiger partial charge in [-0.25, -0.2) is 0 Å². The summed E-state index contributed by atoms with van der Waals surface area (Å²) in [4.78, 5) is 11.8.